The molecule has 3 aromatic rings. The standard InChI is InChI=1S/C21H21N5O/c1-14-11-16-7-3-4-9-19(16)26(14)20-12-18(24-15(2)25-20)21(27)23-13-17-8-5-6-10-22-17/h3-10,12,14H,11,13H2,1-2H3,(H,23,27). The van der Waals surface area contributed by atoms with Gasteiger partial charge in [-0.15, -0.1) is 0 Å². The maximum absolute atomic E-state index is 12.6. The molecular weight excluding hydrogens is 338 g/mol. The molecule has 1 aliphatic rings. The second kappa shape index (κ2) is 7.15. The third kappa shape index (κ3) is 3.51. The molecule has 0 spiro atoms. The molecule has 1 amide bonds. The maximum Gasteiger partial charge on any atom is 0.270 e. The van der Waals surface area contributed by atoms with E-state index in [1.54, 1.807) is 12.3 Å². The van der Waals surface area contributed by atoms with E-state index in [1.807, 2.05) is 31.2 Å². The van der Waals surface area contributed by atoms with Crippen molar-refractivity contribution < 1.29 is 4.79 Å². The fraction of sp³-hybridized carbons (Fsp3) is 0.238. The fourth-order valence-electron chi connectivity index (χ4n) is 3.47. The average Bonchev–Trinajstić information content (AvgIpc) is 3.02. The monoisotopic (exact) mass is 359 g/mol. The van der Waals surface area contributed by atoms with Crippen molar-refractivity contribution in [2.45, 2.75) is 32.9 Å². The largest absolute Gasteiger partial charge is 0.345 e. The Morgan fingerprint density at radius 1 is 1.19 bits per heavy atom. The van der Waals surface area contributed by atoms with E-state index in [0.29, 0.717) is 18.1 Å². The quantitative estimate of drug-likeness (QED) is 0.775. The van der Waals surface area contributed by atoms with Gasteiger partial charge in [-0.2, -0.15) is 0 Å². The number of para-hydroxylation sites is 1. The lowest BCUT2D eigenvalue weighted by Gasteiger charge is -2.24. The number of hydrogen-bond donors (Lipinski definition) is 1. The van der Waals surface area contributed by atoms with E-state index >= 15 is 0 Å². The Labute approximate surface area is 158 Å². The smallest absolute Gasteiger partial charge is 0.270 e. The van der Waals surface area contributed by atoms with E-state index in [-0.39, 0.29) is 11.9 Å². The molecule has 1 atom stereocenters. The van der Waals surface area contributed by atoms with Crippen LogP contribution in [0.4, 0.5) is 11.5 Å². The van der Waals surface area contributed by atoms with E-state index in [2.05, 4.69) is 50.3 Å². The van der Waals surface area contributed by atoms with Gasteiger partial charge in [0.15, 0.2) is 0 Å². The Bertz CT molecular complexity index is 973. The van der Waals surface area contributed by atoms with Crippen LogP contribution < -0.4 is 10.2 Å². The van der Waals surface area contributed by atoms with E-state index < -0.39 is 0 Å². The Morgan fingerprint density at radius 3 is 2.81 bits per heavy atom. The highest BCUT2D eigenvalue weighted by Crippen LogP contribution is 2.37. The van der Waals surface area contributed by atoms with Gasteiger partial charge in [0, 0.05) is 24.0 Å². The first-order valence-electron chi connectivity index (χ1n) is 9.03. The number of hydrogen-bond acceptors (Lipinski definition) is 5. The number of rotatable bonds is 4. The van der Waals surface area contributed by atoms with Crippen LogP contribution in [0.3, 0.4) is 0 Å². The van der Waals surface area contributed by atoms with Gasteiger partial charge in [-0.1, -0.05) is 24.3 Å². The number of anilines is 2. The Balaban J connectivity index is 1.59. The summed E-state index contributed by atoms with van der Waals surface area (Å²) in [5.74, 6) is 1.10. The minimum absolute atomic E-state index is 0.229. The van der Waals surface area contributed by atoms with Crippen molar-refractivity contribution in [1.82, 2.24) is 20.3 Å². The third-order valence-corrected chi connectivity index (χ3v) is 4.67. The maximum atomic E-state index is 12.6. The van der Waals surface area contributed by atoms with E-state index in [4.69, 9.17) is 0 Å². The van der Waals surface area contributed by atoms with Gasteiger partial charge in [0.05, 0.1) is 12.2 Å². The minimum atomic E-state index is -0.229. The molecule has 3 heterocycles. The number of nitrogens with zero attached hydrogens (tertiary/aromatic N) is 4. The molecule has 136 valence electrons. The van der Waals surface area contributed by atoms with Crippen LogP contribution in [-0.4, -0.2) is 26.9 Å². The first-order valence-corrected chi connectivity index (χ1v) is 9.03. The molecule has 6 heteroatoms. The zero-order chi connectivity index (χ0) is 18.8. The summed E-state index contributed by atoms with van der Waals surface area (Å²) in [4.78, 5) is 27.9. The van der Waals surface area contributed by atoms with Crippen molar-refractivity contribution >= 4 is 17.4 Å². The molecule has 0 saturated carbocycles. The highest BCUT2D eigenvalue weighted by Gasteiger charge is 2.28. The molecule has 6 nitrogen and oxygen atoms in total. The number of pyridine rings is 1. The number of aromatic nitrogens is 3. The molecule has 1 aliphatic heterocycles. The molecule has 4 rings (SSSR count). The molecule has 1 N–H and O–H groups in total. The van der Waals surface area contributed by atoms with Crippen LogP contribution in [0.2, 0.25) is 0 Å². The van der Waals surface area contributed by atoms with Gasteiger partial charge in [-0.05, 0) is 44.0 Å². The van der Waals surface area contributed by atoms with Crippen LogP contribution >= 0.6 is 0 Å². The predicted molar refractivity (Wildman–Crippen MR) is 104 cm³/mol. The van der Waals surface area contributed by atoms with Crippen molar-refractivity contribution in [3.8, 4) is 0 Å². The number of benzene rings is 1. The number of carbonyl (C=O) groups excluding carboxylic acids is 1. The SMILES string of the molecule is Cc1nc(C(=O)NCc2ccccn2)cc(N2c3ccccc3CC2C)n1. The summed E-state index contributed by atoms with van der Waals surface area (Å²) in [5, 5.41) is 2.88. The lowest BCUT2D eigenvalue weighted by atomic mass is 10.1. The molecule has 0 saturated heterocycles. The molecule has 0 bridgehead atoms. The second-order valence-electron chi connectivity index (χ2n) is 6.71. The summed E-state index contributed by atoms with van der Waals surface area (Å²) >= 11 is 0. The zero-order valence-electron chi connectivity index (χ0n) is 15.4. The Kier molecular flexibility index (Phi) is 4.54. The van der Waals surface area contributed by atoms with E-state index in [0.717, 1.165) is 23.6 Å². The normalized spacial score (nSPS) is 15.5. The van der Waals surface area contributed by atoms with E-state index in [1.165, 1.54) is 5.56 Å². The van der Waals surface area contributed by atoms with Crippen molar-refractivity contribution in [2.24, 2.45) is 0 Å². The molecular formula is C21H21N5O. The van der Waals surface area contributed by atoms with Crippen LogP contribution in [0.5, 0.6) is 0 Å². The third-order valence-electron chi connectivity index (χ3n) is 4.67. The number of carbonyl (C=O) groups is 1. The summed E-state index contributed by atoms with van der Waals surface area (Å²) in [5.41, 5.74) is 3.61. The number of aryl methyl sites for hydroxylation is 1. The summed E-state index contributed by atoms with van der Waals surface area (Å²) < 4.78 is 0. The van der Waals surface area contributed by atoms with Crippen LogP contribution in [0.25, 0.3) is 0 Å². The lowest BCUT2D eigenvalue weighted by molar-refractivity contribution is 0.0945. The molecule has 0 fully saturated rings. The Hall–Kier alpha value is -3.28. The van der Waals surface area contributed by atoms with Crippen molar-refractivity contribution in [3.05, 3.63) is 77.5 Å². The molecule has 1 aromatic carbocycles. The average molecular weight is 359 g/mol. The van der Waals surface area contributed by atoms with Gasteiger partial charge < -0.3 is 10.2 Å². The summed E-state index contributed by atoms with van der Waals surface area (Å²) in [6.07, 6.45) is 2.67. The van der Waals surface area contributed by atoms with Crippen LogP contribution in [0, 0.1) is 6.92 Å². The van der Waals surface area contributed by atoms with Crippen LogP contribution in [0.1, 0.15) is 34.5 Å². The van der Waals surface area contributed by atoms with Crippen molar-refractivity contribution in [1.29, 1.82) is 0 Å². The predicted octanol–water partition coefficient (Wildman–Crippen LogP) is 3.19. The number of nitrogens with one attached hydrogen (secondary N) is 1. The van der Waals surface area contributed by atoms with Gasteiger partial charge in [0.2, 0.25) is 0 Å². The molecule has 2 aromatic heterocycles. The van der Waals surface area contributed by atoms with Crippen molar-refractivity contribution in [3.63, 3.8) is 0 Å². The Morgan fingerprint density at radius 2 is 2.00 bits per heavy atom. The van der Waals surface area contributed by atoms with Crippen molar-refractivity contribution in [2.75, 3.05) is 4.90 Å². The molecule has 0 radical (unpaired) electrons. The van der Waals surface area contributed by atoms with Crippen LogP contribution in [0.15, 0.2) is 54.7 Å². The summed E-state index contributed by atoms with van der Waals surface area (Å²) in [7, 11) is 0. The molecule has 0 aliphatic carbocycles. The molecule has 1 unspecified atom stereocenters. The number of amides is 1. The topological polar surface area (TPSA) is 71.0 Å². The molecule has 27 heavy (non-hydrogen) atoms. The summed E-state index contributed by atoms with van der Waals surface area (Å²) in [6.45, 7) is 4.34. The highest BCUT2D eigenvalue weighted by atomic mass is 16.1. The van der Waals surface area contributed by atoms with Gasteiger partial charge in [-0.25, -0.2) is 9.97 Å². The zero-order valence-corrected chi connectivity index (χ0v) is 15.4. The minimum Gasteiger partial charge on any atom is -0.345 e. The first kappa shape index (κ1) is 17.1. The van der Waals surface area contributed by atoms with Crippen LogP contribution in [-0.2, 0) is 13.0 Å². The fourth-order valence-corrected chi connectivity index (χ4v) is 3.47. The van der Waals surface area contributed by atoms with Gasteiger partial charge in [0.25, 0.3) is 5.91 Å². The van der Waals surface area contributed by atoms with Gasteiger partial charge in [0.1, 0.15) is 17.3 Å². The summed E-state index contributed by atoms with van der Waals surface area (Å²) in [6, 6.07) is 16.0. The number of fused-ring (bicyclic) bond motifs is 1. The first-order chi connectivity index (χ1) is 13.1. The van der Waals surface area contributed by atoms with Gasteiger partial charge in [-0.3, -0.25) is 9.78 Å². The lowest BCUT2D eigenvalue weighted by Crippen LogP contribution is -2.28. The second-order valence-corrected chi connectivity index (χ2v) is 6.71. The highest BCUT2D eigenvalue weighted by molar-refractivity contribution is 5.93. The van der Waals surface area contributed by atoms with E-state index in [9.17, 15) is 4.79 Å². The van der Waals surface area contributed by atoms with Gasteiger partial charge >= 0.3 is 0 Å².